The number of nitrogens with zero attached hydrogens (tertiary/aromatic N) is 3. The third-order valence-corrected chi connectivity index (χ3v) is 5.12. The van der Waals surface area contributed by atoms with Crippen molar-refractivity contribution in [3.8, 4) is 11.4 Å². The van der Waals surface area contributed by atoms with E-state index in [1.165, 1.54) is 31.2 Å². The summed E-state index contributed by atoms with van der Waals surface area (Å²) in [4.78, 5) is 4.50. The van der Waals surface area contributed by atoms with E-state index in [-0.39, 0.29) is 12.0 Å². The van der Waals surface area contributed by atoms with Crippen molar-refractivity contribution in [2.45, 2.75) is 58.5 Å². The van der Waals surface area contributed by atoms with E-state index in [1.807, 2.05) is 24.4 Å². The molecule has 2 aromatic rings. The minimum Gasteiger partial charge on any atom is -0.396 e. The number of hydrogen-bond acceptors (Lipinski definition) is 4. The lowest BCUT2D eigenvalue weighted by Gasteiger charge is -2.23. The summed E-state index contributed by atoms with van der Waals surface area (Å²) in [5.41, 5.74) is 3.21. The van der Waals surface area contributed by atoms with Gasteiger partial charge in [0.2, 0.25) is 0 Å². The highest BCUT2D eigenvalue weighted by atomic mass is 16.3. The van der Waals surface area contributed by atoms with Gasteiger partial charge in [-0.2, -0.15) is 5.10 Å². The quantitative estimate of drug-likeness (QED) is 0.770. The van der Waals surface area contributed by atoms with Crippen LogP contribution in [0.25, 0.3) is 11.4 Å². The third-order valence-electron chi connectivity index (χ3n) is 5.12. The Morgan fingerprint density at radius 2 is 2.08 bits per heavy atom. The van der Waals surface area contributed by atoms with Crippen LogP contribution < -0.4 is 5.32 Å². The molecule has 0 spiro atoms. The Hall–Kier alpha value is -1.72. The third kappa shape index (κ3) is 4.67. The van der Waals surface area contributed by atoms with Crippen LogP contribution in [0.2, 0.25) is 0 Å². The van der Waals surface area contributed by atoms with Crippen LogP contribution in [-0.4, -0.2) is 33.0 Å². The van der Waals surface area contributed by atoms with Gasteiger partial charge in [0.05, 0.1) is 11.7 Å². The zero-order valence-electron chi connectivity index (χ0n) is 15.4. The molecule has 0 radical (unpaired) electrons. The number of aliphatic hydroxyl groups is 1. The molecule has 5 heteroatoms. The van der Waals surface area contributed by atoms with Crippen LogP contribution in [-0.2, 0) is 6.54 Å². The lowest BCUT2D eigenvalue weighted by atomic mass is 9.90. The Morgan fingerprint density at radius 3 is 2.76 bits per heavy atom. The van der Waals surface area contributed by atoms with Crippen molar-refractivity contribution in [2.75, 3.05) is 13.2 Å². The molecule has 0 atom stereocenters. The van der Waals surface area contributed by atoms with Crippen LogP contribution in [0, 0.1) is 5.41 Å². The van der Waals surface area contributed by atoms with E-state index in [0.29, 0.717) is 6.04 Å². The molecule has 1 fully saturated rings. The molecule has 25 heavy (non-hydrogen) atoms. The summed E-state index contributed by atoms with van der Waals surface area (Å²) in [6.45, 7) is 6.22. The van der Waals surface area contributed by atoms with Crippen molar-refractivity contribution in [2.24, 2.45) is 5.41 Å². The Morgan fingerprint density at radius 1 is 1.28 bits per heavy atom. The van der Waals surface area contributed by atoms with E-state index in [1.54, 1.807) is 0 Å². The first-order valence-electron chi connectivity index (χ1n) is 9.40. The maximum Gasteiger partial charge on any atom is 0.115 e. The minimum atomic E-state index is 0.0847. The Labute approximate surface area is 150 Å². The van der Waals surface area contributed by atoms with Gasteiger partial charge in [-0.1, -0.05) is 32.8 Å². The molecule has 5 nitrogen and oxygen atoms in total. The minimum absolute atomic E-state index is 0.0847. The molecule has 2 aromatic heterocycles. The summed E-state index contributed by atoms with van der Waals surface area (Å²) in [7, 11) is 0. The smallest absolute Gasteiger partial charge is 0.115 e. The normalized spacial score (nSPS) is 15.8. The largest absolute Gasteiger partial charge is 0.396 e. The zero-order valence-corrected chi connectivity index (χ0v) is 15.4. The van der Waals surface area contributed by atoms with E-state index in [2.05, 4.69) is 35.0 Å². The van der Waals surface area contributed by atoms with Crippen LogP contribution in [0.15, 0.2) is 30.6 Å². The number of aromatic nitrogens is 3. The van der Waals surface area contributed by atoms with Crippen molar-refractivity contribution in [1.29, 1.82) is 0 Å². The topological polar surface area (TPSA) is 63.0 Å². The van der Waals surface area contributed by atoms with Gasteiger partial charge in [0.1, 0.15) is 5.69 Å². The molecule has 0 saturated heterocycles. The SMILES string of the molecule is CC(C)(CCO)CNCc1cn(C2CCCC2)nc1-c1ccccn1. The summed E-state index contributed by atoms with van der Waals surface area (Å²) in [6.07, 6.45) is 9.87. The van der Waals surface area contributed by atoms with Crippen LogP contribution in [0.4, 0.5) is 0 Å². The number of rotatable bonds is 8. The summed E-state index contributed by atoms with van der Waals surface area (Å²) in [5, 5.41) is 17.6. The van der Waals surface area contributed by atoms with E-state index < -0.39 is 0 Å². The number of aliphatic hydroxyl groups excluding tert-OH is 1. The summed E-state index contributed by atoms with van der Waals surface area (Å²) in [5.74, 6) is 0. The highest BCUT2D eigenvalue weighted by molar-refractivity contribution is 5.58. The standard InChI is InChI=1S/C20H30N4O/c1-20(2,10-12-25)15-21-13-16-14-24(17-7-3-4-8-17)23-19(16)18-9-5-6-11-22-18/h5-6,9,11,14,17,21,25H,3-4,7-8,10,12-13,15H2,1-2H3. The fraction of sp³-hybridized carbons (Fsp3) is 0.600. The first kappa shape index (κ1) is 18.1. The van der Waals surface area contributed by atoms with Gasteiger partial charge in [0, 0.05) is 37.7 Å². The zero-order chi connectivity index (χ0) is 17.7. The molecule has 1 aliphatic rings. The van der Waals surface area contributed by atoms with Gasteiger partial charge in [-0.3, -0.25) is 9.67 Å². The van der Waals surface area contributed by atoms with Gasteiger partial charge < -0.3 is 10.4 Å². The first-order chi connectivity index (χ1) is 12.1. The van der Waals surface area contributed by atoms with Crippen molar-refractivity contribution in [1.82, 2.24) is 20.1 Å². The van der Waals surface area contributed by atoms with Crippen molar-refractivity contribution in [3.63, 3.8) is 0 Å². The van der Waals surface area contributed by atoms with Crippen molar-refractivity contribution >= 4 is 0 Å². The van der Waals surface area contributed by atoms with Gasteiger partial charge in [0.25, 0.3) is 0 Å². The Kier molecular flexibility index (Phi) is 5.86. The fourth-order valence-corrected chi connectivity index (χ4v) is 3.56. The monoisotopic (exact) mass is 342 g/mol. The molecule has 1 aliphatic carbocycles. The molecular formula is C20H30N4O. The average molecular weight is 342 g/mol. The predicted octanol–water partition coefficient (Wildman–Crippen LogP) is 3.56. The summed E-state index contributed by atoms with van der Waals surface area (Å²) >= 11 is 0. The van der Waals surface area contributed by atoms with E-state index in [0.717, 1.165) is 30.9 Å². The fourth-order valence-electron chi connectivity index (χ4n) is 3.56. The lowest BCUT2D eigenvalue weighted by Crippen LogP contribution is -2.29. The molecule has 3 rings (SSSR count). The van der Waals surface area contributed by atoms with Gasteiger partial charge in [-0.25, -0.2) is 0 Å². The maximum absolute atomic E-state index is 9.19. The molecule has 1 saturated carbocycles. The summed E-state index contributed by atoms with van der Waals surface area (Å²) in [6, 6.07) is 6.51. The predicted molar refractivity (Wildman–Crippen MR) is 100 cm³/mol. The van der Waals surface area contributed by atoms with Crippen LogP contribution >= 0.6 is 0 Å². The second-order valence-corrected chi connectivity index (χ2v) is 7.88. The molecule has 136 valence electrons. The van der Waals surface area contributed by atoms with Crippen molar-refractivity contribution in [3.05, 3.63) is 36.2 Å². The van der Waals surface area contributed by atoms with E-state index in [9.17, 15) is 5.11 Å². The second kappa shape index (κ2) is 8.11. The van der Waals surface area contributed by atoms with Gasteiger partial charge in [-0.15, -0.1) is 0 Å². The van der Waals surface area contributed by atoms with Gasteiger partial charge in [0.15, 0.2) is 0 Å². The van der Waals surface area contributed by atoms with E-state index in [4.69, 9.17) is 5.10 Å². The highest BCUT2D eigenvalue weighted by Gasteiger charge is 2.22. The van der Waals surface area contributed by atoms with Crippen LogP contribution in [0.5, 0.6) is 0 Å². The molecule has 2 N–H and O–H groups in total. The van der Waals surface area contributed by atoms with Crippen LogP contribution in [0.1, 0.15) is 57.6 Å². The second-order valence-electron chi connectivity index (χ2n) is 7.88. The first-order valence-corrected chi connectivity index (χ1v) is 9.40. The molecule has 0 aromatic carbocycles. The molecule has 0 bridgehead atoms. The Bertz CT molecular complexity index is 660. The molecule has 0 unspecified atom stereocenters. The summed E-state index contributed by atoms with van der Waals surface area (Å²) < 4.78 is 2.16. The number of hydrogen-bond donors (Lipinski definition) is 2. The average Bonchev–Trinajstić information content (AvgIpc) is 3.25. The lowest BCUT2D eigenvalue weighted by molar-refractivity contribution is 0.207. The van der Waals surface area contributed by atoms with Gasteiger partial charge in [-0.05, 0) is 36.8 Å². The molecule has 0 aliphatic heterocycles. The molecule has 2 heterocycles. The number of pyridine rings is 1. The van der Waals surface area contributed by atoms with Gasteiger partial charge >= 0.3 is 0 Å². The van der Waals surface area contributed by atoms with E-state index >= 15 is 0 Å². The number of nitrogens with one attached hydrogen (secondary N) is 1. The Balaban J connectivity index is 1.76. The van der Waals surface area contributed by atoms with Crippen molar-refractivity contribution < 1.29 is 5.11 Å². The highest BCUT2D eigenvalue weighted by Crippen LogP contribution is 2.31. The maximum atomic E-state index is 9.19. The molecular weight excluding hydrogens is 312 g/mol. The van der Waals surface area contributed by atoms with Crippen LogP contribution in [0.3, 0.4) is 0 Å². The molecule has 0 amide bonds.